The zero-order chi connectivity index (χ0) is 22.7. The average Bonchev–Trinajstić information content (AvgIpc) is 3.49. The van der Waals surface area contributed by atoms with E-state index in [9.17, 15) is 14.6 Å². The van der Waals surface area contributed by atoms with Gasteiger partial charge in [-0.05, 0) is 49.3 Å². The van der Waals surface area contributed by atoms with Crippen LogP contribution in [0.4, 0.5) is 4.39 Å². The van der Waals surface area contributed by atoms with Gasteiger partial charge in [0.1, 0.15) is 5.82 Å². The fraction of sp³-hybridized carbons (Fsp3) is 0.385. The van der Waals surface area contributed by atoms with E-state index < -0.39 is 11.7 Å². The number of nitrogens with zero attached hydrogens (tertiary/aromatic N) is 4. The Kier molecular flexibility index (Phi) is 4.67. The molecule has 4 aromatic rings. The third kappa shape index (κ3) is 3.30. The molecule has 1 fully saturated rings. The molecule has 33 heavy (non-hydrogen) atoms. The normalized spacial score (nSPS) is 25.2. The number of imidazole rings is 1. The molecule has 6 rings (SSSR count). The van der Waals surface area contributed by atoms with Crippen LogP contribution in [0, 0.1) is 5.82 Å². The summed E-state index contributed by atoms with van der Waals surface area (Å²) in [5.41, 5.74) is 3.27. The number of fused-ring (bicyclic) bond motifs is 4. The Morgan fingerprint density at radius 3 is 2.85 bits per heavy atom. The third-order valence-electron chi connectivity index (χ3n) is 7.70. The van der Waals surface area contributed by atoms with Gasteiger partial charge in [0.05, 0.1) is 41.5 Å². The monoisotopic (exact) mass is 446 g/mol. The molecule has 1 saturated carbocycles. The minimum atomic E-state index is -1.18. The molecule has 2 N–H and O–H groups in total. The molecule has 0 radical (unpaired) electrons. The van der Waals surface area contributed by atoms with Crippen LogP contribution in [-0.4, -0.2) is 41.2 Å². The first-order valence-corrected chi connectivity index (χ1v) is 11.6. The van der Waals surface area contributed by atoms with Crippen LogP contribution in [-0.2, 0) is 7.05 Å². The van der Waals surface area contributed by atoms with Crippen LogP contribution in [0.1, 0.15) is 55.2 Å². The maximum atomic E-state index is 14.7. The van der Waals surface area contributed by atoms with E-state index in [0.717, 1.165) is 35.0 Å². The lowest BCUT2D eigenvalue weighted by Crippen LogP contribution is -2.46. The van der Waals surface area contributed by atoms with Gasteiger partial charge in [-0.3, -0.25) is 4.68 Å². The summed E-state index contributed by atoms with van der Waals surface area (Å²) in [4.78, 5) is 4.22. The predicted octanol–water partition coefficient (Wildman–Crippen LogP) is 4.32. The van der Waals surface area contributed by atoms with Crippen molar-refractivity contribution in [2.45, 2.75) is 55.8 Å². The van der Waals surface area contributed by atoms with Crippen LogP contribution in [0.15, 0.2) is 55.1 Å². The van der Waals surface area contributed by atoms with E-state index in [-0.39, 0.29) is 18.3 Å². The molecule has 0 bridgehead atoms. The second kappa shape index (κ2) is 7.50. The van der Waals surface area contributed by atoms with Crippen molar-refractivity contribution in [1.29, 1.82) is 0 Å². The smallest absolute Gasteiger partial charge is 0.129 e. The Balaban J connectivity index is 1.19. The second-order valence-corrected chi connectivity index (χ2v) is 9.65. The highest BCUT2D eigenvalue weighted by Crippen LogP contribution is 2.46. The molecule has 2 atom stereocenters. The van der Waals surface area contributed by atoms with Crippen LogP contribution in [0.2, 0.25) is 0 Å². The number of aliphatic hydroxyl groups excluding tert-OH is 1. The summed E-state index contributed by atoms with van der Waals surface area (Å²) in [6, 6.07) is 11.0. The molecule has 1 aliphatic carbocycles. The largest absolute Gasteiger partial charge is 0.390 e. The van der Waals surface area contributed by atoms with Gasteiger partial charge in [-0.1, -0.05) is 24.3 Å². The van der Waals surface area contributed by atoms with Crippen molar-refractivity contribution in [1.82, 2.24) is 19.3 Å². The van der Waals surface area contributed by atoms with E-state index in [2.05, 4.69) is 28.3 Å². The van der Waals surface area contributed by atoms with Crippen molar-refractivity contribution in [3.05, 3.63) is 72.1 Å². The van der Waals surface area contributed by atoms with Crippen molar-refractivity contribution in [2.75, 3.05) is 0 Å². The molecule has 2 aliphatic rings. The van der Waals surface area contributed by atoms with E-state index in [1.165, 1.54) is 11.6 Å². The molecule has 0 saturated heterocycles. The molecule has 170 valence electrons. The van der Waals surface area contributed by atoms with Crippen LogP contribution in [0.25, 0.3) is 22.2 Å². The molecule has 0 amide bonds. The number of benzene rings is 2. The lowest BCUT2D eigenvalue weighted by molar-refractivity contribution is -0.105. The molecule has 3 heterocycles. The van der Waals surface area contributed by atoms with Gasteiger partial charge in [-0.2, -0.15) is 5.10 Å². The molecular formula is C26H27FN4O2. The zero-order valence-corrected chi connectivity index (χ0v) is 18.5. The molecular weight excluding hydrogens is 419 g/mol. The molecule has 2 aromatic heterocycles. The first kappa shape index (κ1) is 20.6. The quantitative estimate of drug-likeness (QED) is 0.490. The number of aryl methyl sites for hydroxylation is 1. The summed E-state index contributed by atoms with van der Waals surface area (Å²) in [6.07, 6.45) is 7.30. The van der Waals surface area contributed by atoms with E-state index in [1.807, 2.05) is 28.6 Å². The number of rotatable bonds is 4. The SMILES string of the molecule is Cn1cc2ccc(C3CCC(O)(C(O)CC4c5c(F)cccc5-c5cncn54)CC3)cc2n1. The maximum absolute atomic E-state index is 14.7. The number of aromatic nitrogens is 4. The first-order valence-electron chi connectivity index (χ1n) is 11.6. The van der Waals surface area contributed by atoms with Gasteiger partial charge >= 0.3 is 0 Å². The predicted molar refractivity (Wildman–Crippen MR) is 123 cm³/mol. The van der Waals surface area contributed by atoms with Crippen molar-refractivity contribution < 1.29 is 14.6 Å². The third-order valence-corrected chi connectivity index (χ3v) is 7.70. The number of hydrogen-bond acceptors (Lipinski definition) is 4. The highest BCUT2D eigenvalue weighted by atomic mass is 19.1. The molecule has 7 heteroatoms. The Hall–Kier alpha value is -3.03. The molecule has 6 nitrogen and oxygen atoms in total. The lowest BCUT2D eigenvalue weighted by atomic mass is 9.72. The summed E-state index contributed by atoms with van der Waals surface area (Å²) in [6.45, 7) is 0. The number of halogens is 1. The standard InChI is InChI=1S/C26H27FN4O2/c1-30-14-18-6-5-17(11-21(18)29-30)16-7-9-26(33,10-8-16)24(32)12-22-25-19(3-2-4-20(25)27)23-13-28-15-31(22)23/h2-6,11,13-16,22,24,32-33H,7-10,12H2,1H3. The first-order chi connectivity index (χ1) is 15.9. The van der Waals surface area contributed by atoms with E-state index in [0.29, 0.717) is 24.3 Å². The van der Waals surface area contributed by atoms with Crippen LogP contribution in [0.3, 0.4) is 0 Å². The van der Waals surface area contributed by atoms with Crippen molar-refractivity contribution in [2.24, 2.45) is 7.05 Å². The Morgan fingerprint density at radius 2 is 2.03 bits per heavy atom. The van der Waals surface area contributed by atoms with Gasteiger partial charge in [0.25, 0.3) is 0 Å². The summed E-state index contributed by atoms with van der Waals surface area (Å²) < 4.78 is 18.5. The maximum Gasteiger partial charge on any atom is 0.129 e. The van der Waals surface area contributed by atoms with Gasteiger partial charge in [-0.25, -0.2) is 9.37 Å². The molecule has 2 aromatic carbocycles. The van der Waals surface area contributed by atoms with Gasteiger partial charge in [0.2, 0.25) is 0 Å². The minimum absolute atomic E-state index is 0.248. The van der Waals surface area contributed by atoms with Gasteiger partial charge < -0.3 is 14.8 Å². The zero-order valence-electron chi connectivity index (χ0n) is 18.5. The van der Waals surface area contributed by atoms with Crippen LogP contribution < -0.4 is 0 Å². The summed E-state index contributed by atoms with van der Waals surface area (Å²) >= 11 is 0. The van der Waals surface area contributed by atoms with Crippen LogP contribution >= 0.6 is 0 Å². The van der Waals surface area contributed by atoms with E-state index in [4.69, 9.17) is 0 Å². The average molecular weight is 447 g/mol. The summed E-state index contributed by atoms with van der Waals surface area (Å²) in [5.74, 6) is 0.0443. The highest BCUT2D eigenvalue weighted by Gasteiger charge is 2.43. The summed E-state index contributed by atoms with van der Waals surface area (Å²) in [7, 11) is 1.92. The number of hydrogen-bond donors (Lipinski definition) is 2. The lowest BCUT2D eigenvalue weighted by Gasteiger charge is -2.40. The molecule has 2 unspecified atom stereocenters. The topological polar surface area (TPSA) is 76.1 Å². The highest BCUT2D eigenvalue weighted by molar-refractivity contribution is 5.78. The van der Waals surface area contributed by atoms with E-state index in [1.54, 1.807) is 18.6 Å². The molecule has 1 aliphatic heterocycles. The van der Waals surface area contributed by atoms with Gasteiger partial charge in [0, 0.05) is 36.2 Å². The van der Waals surface area contributed by atoms with Crippen molar-refractivity contribution in [3.63, 3.8) is 0 Å². The fourth-order valence-corrected chi connectivity index (χ4v) is 5.86. The van der Waals surface area contributed by atoms with Crippen molar-refractivity contribution in [3.8, 4) is 11.3 Å². The Morgan fingerprint density at radius 1 is 1.21 bits per heavy atom. The fourth-order valence-electron chi connectivity index (χ4n) is 5.86. The van der Waals surface area contributed by atoms with E-state index >= 15 is 0 Å². The molecule has 0 spiro atoms. The van der Waals surface area contributed by atoms with Crippen molar-refractivity contribution >= 4 is 10.9 Å². The minimum Gasteiger partial charge on any atom is -0.390 e. The van der Waals surface area contributed by atoms with Gasteiger partial charge in [-0.15, -0.1) is 0 Å². The summed E-state index contributed by atoms with van der Waals surface area (Å²) in [5, 5.41) is 28.2. The number of aliphatic hydroxyl groups is 2. The Bertz CT molecular complexity index is 1340. The van der Waals surface area contributed by atoms with Crippen LogP contribution in [0.5, 0.6) is 0 Å². The van der Waals surface area contributed by atoms with Gasteiger partial charge in [0.15, 0.2) is 0 Å². The second-order valence-electron chi connectivity index (χ2n) is 9.65. The Labute approximate surface area is 191 Å².